The van der Waals surface area contributed by atoms with Gasteiger partial charge in [0.25, 0.3) is 5.91 Å². The van der Waals surface area contributed by atoms with Crippen LogP contribution in [0.25, 0.3) is 0 Å². The first kappa shape index (κ1) is 18.2. The highest BCUT2D eigenvalue weighted by Crippen LogP contribution is 2.27. The number of benzene rings is 1. The summed E-state index contributed by atoms with van der Waals surface area (Å²) < 4.78 is 1.71. The summed E-state index contributed by atoms with van der Waals surface area (Å²) in [5.41, 5.74) is 2.38. The lowest BCUT2D eigenvalue weighted by molar-refractivity contribution is 0.0710. The minimum Gasteiger partial charge on any atom is -0.339 e. The number of carbonyl (C=O) groups excluding carboxylic acids is 1. The van der Waals surface area contributed by atoms with Gasteiger partial charge < -0.3 is 4.90 Å². The van der Waals surface area contributed by atoms with Gasteiger partial charge in [-0.1, -0.05) is 30.3 Å². The lowest BCUT2D eigenvalue weighted by atomic mass is 9.95. The molecule has 2 aromatic heterocycles. The quantitative estimate of drug-likeness (QED) is 0.756. The van der Waals surface area contributed by atoms with Gasteiger partial charge in [-0.05, 0) is 37.5 Å². The number of carbonyl (C=O) groups is 1. The van der Waals surface area contributed by atoms with Gasteiger partial charge in [-0.25, -0.2) is 9.89 Å². The van der Waals surface area contributed by atoms with Gasteiger partial charge in [0.2, 0.25) is 0 Å². The molecule has 7 nitrogen and oxygen atoms in total. The Morgan fingerprint density at radius 1 is 1.14 bits per heavy atom. The average molecular weight is 377 g/mol. The molecule has 0 saturated carbocycles. The molecular weight excluding hydrogens is 354 g/mol. The average Bonchev–Trinajstić information content (AvgIpc) is 3.09. The maximum Gasteiger partial charge on any atom is 0.343 e. The standard InChI is InChI=1S/C21H23N5O2/c1-15-7-8-18(13-22-15)20(27)25-11-9-17(10-12-25)19-23-24-21(28)26(19)14-16-5-3-2-4-6-16/h2-8,13,17H,9-12,14H2,1H3,(H,24,28). The minimum atomic E-state index is -0.192. The summed E-state index contributed by atoms with van der Waals surface area (Å²) in [5, 5.41) is 6.87. The second-order valence-electron chi connectivity index (χ2n) is 7.21. The zero-order chi connectivity index (χ0) is 19.5. The Morgan fingerprint density at radius 2 is 1.89 bits per heavy atom. The molecule has 0 aliphatic carbocycles. The molecule has 1 aliphatic heterocycles. The molecule has 1 fully saturated rings. The number of nitrogens with zero attached hydrogens (tertiary/aromatic N) is 4. The van der Waals surface area contributed by atoms with E-state index >= 15 is 0 Å². The van der Waals surface area contributed by atoms with Crippen molar-refractivity contribution in [3.63, 3.8) is 0 Å². The van der Waals surface area contributed by atoms with E-state index in [0.29, 0.717) is 25.2 Å². The van der Waals surface area contributed by atoms with E-state index in [1.165, 1.54) is 0 Å². The van der Waals surface area contributed by atoms with E-state index in [4.69, 9.17) is 0 Å². The highest BCUT2D eigenvalue weighted by atomic mass is 16.2. The van der Waals surface area contributed by atoms with E-state index in [2.05, 4.69) is 15.2 Å². The van der Waals surface area contributed by atoms with Crippen molar-refractivity contribution < 1.29 is 4.79 Å². The summed E-state index contributed by atoms with van der Waals surface area (Å²) in [5.74, 6) is 0.940. The number of rotatable bonds is 4. The number of likely N-dealkylation sites (tertiary alicyclic amines) is 1. The lowest BCUT2D eigenvalue weighted by Crippen LogP contribution is -2.38. The topological polar surface area (TPSA) is 83.9 Å². The SMILES string of the molecule is Cc1ccc(C(=O)N2CCC(c3n[nH]c(=O)n3Cc3ccccc3)CC2)cn1. The normalized spacial score (nSPS) is 15.0. The highest BCUT2D eigenvalue weighted by Gasteiger charge is 2.28. The van der Waals surface area contributed by atoms with Crippen LogP contribution in [0.15, 0.2) is 53.5 Å². The summed E-state index contributed by atoms with van der Waals surface area (Å²) in [6.07, 6.45) is 3.20. The molecule has 1 saturated heterocycles. The van der Waals surface area contributed by atoms with E-state index in [9.17, 15) is 9.59 Å². The largest absolute Gasteiger partial charge is 0.343 e. The van der Waals surface area contributed by atoms with Crippen LogP contribution in [0.4, 0.5) is 0 Å². The van der Waals surface area contributed by atoms with Crippen LogP contribution in [0.2, 0.25) is 0 Å². The van der Waals surface area contributed by atoms with Crippen LogP contribution in [0, 0.1) is 6.92 Å². The van der Waals surface area contributed by atoms with Gasteiger partial charge in [0.15, 0.2) is 0 Å². The Kier molecular flexibility index (Phi) is 5.06. The van der Waals surface area contributed by atoms with Crippen molar-refractivity contribution in [3.05, 3.63) is 81.8 Å². The molecule has 1 N–H and O–H groups in total. The molecule has 0 unspecified atom stereocenters. The van der Waals surface area contributed by atoms with Gasteiger partial charge in [-0.3, -0.25) is 14.3 Å². The molecule has 1 amide bonds. The molecule has 7 heteroatoms. The van der Waals surface area contributed by atoms with Crippen LogP contribution < -0.4 is 5.69 Å². The third-order valence-corrected chi connectivity index (χ3v) is 5.28. The molecule has 0 radical (unpaired) electrons. The Labute approximate surface area is 163 Å². The monoisotopic (exact) mass is 377 g/mol. The molecule has 144 valence electrons. The third-order valence-electron chi connectivity index (χ3n) is 5.28. The Morgan fingerprint density at radius 3 is 2.57 bits per heavy atom. The van der Waals surface area contributed by atoms with Crippen LogP contribution in [0.5, 0.6) is 0 Å². The van der Waals surface area contributed by atoms with E-state index in [-0.39, 0.29) is 17.5 Å². The predicted octanol–water partition coefficient (Wildman–Crippen LogP) is 2.34. The van der Waals surface area contributed by atoms with Crippen molar-refractivity contribution >= 4 is 5.91 Å². The van der Waals surface area contributed by atoms with E-state index in [1.54, 1.807) is 10.8 Å². The number of aromatic nitrogens is 4. The van der Waals surface area contributed by atoms with E-state index in [1.807, 2.05) is 54.3 Å². The van der Waals surface area contributed by atoms with Gasteiger partial charge in [0.1, 0.15) is 5.82 Å². The maximum absolute atomic E-state index is 12.7. The fraction of sp³-hybridized carbons (Fsp3) is 0.333. The van der Waals surface area contributed by atoms with Gasteiger partial charge in [0, 0.05) is 30.9 Å². The Hall–Kier alpha value is -3.22. The molecule has 28 heavy (non-hydrogen) atoms. The highest BCUT2D eigenvalue weighted by molar-refractivity contribution is 5.94. The molecule has 3 aromatic rings. The fourth-order valence-corrected chi connectivity index (χ4v) is 3.68. The summed E-state index contributed by atoms with van der Waals surface area (Å²) in [6.45, 7) is 3.69. The number of aromatic amines is 1. The van der Waals surface area contributed by atoms with Crippen molar-refractivity contribution in [1.82, 2.24) is 24.6 Å². The zero-order valence-electron chi connectivity index (χ0n) is 15.8. The second-order valence-corrected chi connectivity index (χ2v) is 7.21. The number of amides is 1. The number of H-pyrrole nitrogens is 1. The summed E-state index contributed by atoms with van der Waals surface area (Å²) in [6, 6.07) is 13.6. The smallest absolute Gasteiger partial charge is 0.339 e. The number of nitrogens with one attached hydrogen (secondary N) is 1. The maximum atomic E-state index is 12.7. The van der Waals surface area contributed by atoms with Crippen molar-refractivity contribution in [2.75, 3.05) is 13.1 Å². The first-order chi connectivity index (χ1) is 13.6. The number of pyridine rings is 1. The predicted molar refractivity (Wildman–Crippen MR) is 105 cm³/mol. The summed E-state index contributed by atoms with van der Waals surface area (Å²) in [7, 11) is 0. The fourth-order valence-electron chi connectivity index (χ4n) is 3.68. The molecule has 1 aliphatic rings. The summed E-state index contributed by atoms with van der Waals surface area (Å²) in [4.78, 5) is 31.0. The molecule has 0 spiro atoms. The van der Waals surface area contributed by atoms with Crippen LogP contribution >= 0.6 is 0 Å². The minimum absolute atomic E-state index is 0.00894. The zero-order valence-corrected chi connectivity index (χ0v) is 15.8. The number of hydrogen-bond donors (Lipinski definition) is 1. The lowest BCUT2D eigenvalue weighted by Gasteiger charge is -2.31. The van der Waals surface area contributed by atoms with Gasteiger partial charge in [0.05, 0.1) is 12.1 Å². The van der Waals surface area contributed by atoms with Crippen LogP contribution in [0.3, 0.4) is 0 Å². The van der Waals surface area contributed by atoms with E-state index < -0.39 is 0 Å². The van der Waals surface area contributed by atoms with Crippen molar-refractivity contribution in [3.8, 4) is 0 Å². The molecule has 1 aromatic carbocycles. The van der Waals surface area contributed by atoms with E-state index in [0.717, 1.165) is 29.9 Å². The molecule has 3 heterocycles. The number of piperidine rings is 1. The molecular formula is C21H23N5O2. The van der Waals surface area contributed by atoms with Crippen molar-refractivity contribution in [1.29, 1.82) is 0 Å². The Bertz CT molecular complexity index is 999. The molecule has 0 atom stereocenters. The Balaban J connectivity index is 1.45. The van der Waals surface area contributed by atoms with Gasteiger partial charge in [-0.2, -0.15) is 5.10 Å². The summed E-state index contributed by atoms with van der Waals surface area (Å²) >= 11 is 0. The van der Waals surface area contributed by atoms with Crippen molar-refractivity contribution in [2.45, 2.75) is 32.2 Å². The number of hydrogen-bond acceptors (Lipinski definition) is 4. The third kappa shape index (κ3) is 3.74. The van der Waals surface area contributed by atoms with Crippen molar-refractivity contribution in [2.24, 2.45) is 0 Å². The van der Waals surface area contributed by atoms with Gasteiger partial charge >= 0.3 is 5.69 Å². The second kappa shape index (κ2) is 7.80. The molecule has 4 rings (SSSR count). The van der Waals surface area contributed by atoms with Crippen LogP contribution in [0.1, 0.15) is 46.2 Å². The van der Waals surface area contributed by atoms with Crippen LogP contribution in [-0.4, -0.2) is 43.6 Å². The van der Waals surface area contributed by atoms with Gasteiger partial charge in [-0.15, -0.1) is 0 Å². The first-order valence-corrected chi connectivity index (χ1v) is 9.53. The first-order valence-electron chi connectivity index (χ1n) is 9.53. The number of aryl methyl sites for hydroxylation is 1. The van der Waals surface area contributed by atoms with Crippen LogP contribution in [-0.2, 0) is 6.54 Å². The molecule has 0 bridgehead atoms.